The van der Waals surface area contributed by atoms with E-state index in [0.717, 1.165) is 13.1 Å². The Morgan fingerprint density at radius 2 is 2.11 bits per heavy atom. The highest BCUT2D eigenvalue weighted by Gasteiger charge is 2.28. The van der Waals surface area contributed by atoms with Gasteiger partial charge < -0.3 is 15.8 Å². The molecule has 18 heavy (non-hydrogen) atoms. The second kappa shape index (κ2) is 5.02. The van der Waals surface area contributed by atoms with Crippen molar-refractivity contribution < 1.29 is 5.21 Å². The number of anilines is 1. The molecule has 2 atom stereocenters. The zero-order valence-electron chi connectivity index (χ0n) is 10.5. The van der Waals surface area contributed by atoms with Crippen LogP contribution in [0.1, 0.15) is 19.4 Å². The largest absolute Gasteiger partial charge is 0.409 e. The third-order valence-corrected chi connectivity index (χ3v) is 3.91. The molecule has 1 fully saturated rings. The number of nitrogens with zero attached hydrogens (tertiary/aromatic N) is 3. The molecule has 0 spiro atoms. The minimum absolute atomic E-state index is 0.00365. The van der Waals surface area contributed by atoms with Crippen LogP contribution in [0.25, 0.3) is 0 Å². The lowest BCUT2D eigenvalue weighted by atomic mass is 10.0. The van der Waals surface area contributed by atoms with Crippen LogP contribution in [0, 0.1) is 11.8 Å². The van der Waals surface area contributed by atoms with E-state index in [-0.39, 0.29) is 5.84 Å². The summed E-state index contributed by atoms with van der Waals surface area (Å²) in [6.45, 7) is 6.28. The van der Waals surface area contributed by atoms with E-state index in [2.05, 4.69) is 28.9 Å². The van der Waals surface area contributed by atoms with Gasteiger partial charge in [-0.25, -0.2) is 4.98 Å². The summed E-state index contributed by atoms with van der Waals surface area (Å²) in [6.07, 6.45) is 1.63. The number of hydrogen-bond donors (Lipinski definition) is 2. The Balaban J connectivity index is 2.35. The van der Waals surface area contributed by atoms with Crippen molar-refractivity contribution in [3.8, 4) is 0 Å². The Hall–Kier alpha value is -1.49. The molecule has 5 nitrogen and oxygen atoms in total. The molecule has 6 heteroatoms. The smallest absolute Gasteiger partial charge is 0.171 e. The maximum atomic E-state index is 8.72. The van der Waals surface area contributed by atoms with Gasteiger partial charge in [0.2, 0.25) is 0 Å². The Bertz CT molecular complexity index is 467. The van der Waals surface area contributed by atoms with Crippen LogP contribution in [0.5, 0.6) is 0 Å². The molecular weight excluding hydrogens is 252 g/mol. The third kappa shape index (κ3) is 2.22. The van der Waals surface area contributed by atoms with Crippen LogP contribution in [0.3, 0.4) is 0 Å². The molecular formula is C12H17ClN4O. The van der Waals surface area contributed by atoms with Crippen LogP contribution < -0.4 is 10.6 Å². The van der Waals surface area contributed by atoms with Gasteiger partial charge in [-0.15, -0.1) is 0 Å². The zero-order valence-corrected chi connectivity index (χ0v) is 11.2. The molecule has 2 unspecified atom stereocenters. The first kappa shape index (κ1) is 13.0. The number of pyridine rings is 1. The topological polar surface area (TPSA) is 74.7 Å². The molecule has 1 aliphatic rings. The van der Waals surface area contributed by atoms with Crippen LogP contribution in [-0.2, 0) is 0 Å². The number of amidine groups is 1. The van der Waals surface area contributed by atoms with Crippen LogP contribution in [0.15, 0.2) is 17.4 Å². The summed E-state index contributed by atoms with van der Waals surface area (Å²) in [6, 6.07) is 1.64. The minimum Gasteiger partial charge on any atom is -0.409 e. The number of halogens is 1. The summed E-state index contributed by atoms with van der Waals surface area (Å²) in [4.78, 5) is 6.45. The van der Waals surface area contributed by atoms with E-state index in [4.69, 9.17) is 22.5 Å². The van der Waals surface area contributed by atoms with E-state index in [9.17, 15) is 0 Å². The standard InChI is InChI=1S/C12H17ClN4O/c1-7-5-17(6-8(7)2)12-10(13)9(3-4-15-12)11(14)16-18/h3-4,7-8,18H,5-6H2,1-2H3,(H2,14,16). The lowest BCUT2D eigenvalue weighted by Crippen LogP contribution is -2.23. The summed E-state index contributed by atoms with van der Waals surface area (Å²) < 4.78 is 0. The number of hydrogen-bond acceptors (Lipinski definition) is 4. The molecule has 2 rings (SSSR count). The maximum Gasteiger partial charge on any atom is 0.171 e. The Kier molecular flexibility index (Phi) is 3.61. The maximum absolute atomic E-state index is 8.72. The van der Waals surface area contributed by atoms with Crippen molar-refractivity contribution in [3.63, 3.8) is 0 Å². The first-order valence-electron chi connectivity index (χ1n) is 5.92. The monoisotopic (exact) mass is 268 g/mol. The van der Waals surface area contributed by atoms with Crippen LogP contribution in [0.2, 0.25) is 5.02 Å². The molecule has 0 radical (unpaired) electrons. The second-order valence-corrected chi connectivity index (χ2v) is 5.22. The molecule has 3 N–H and O–H groups in total. The third-order valence-electron chi connectivity index (χ3n) is 3.54. The predicted octanol–water partition coefficient (Wildman–Crippen LogP) is 1.92. The van der Waals surface area contributed by atoms with Gasteiger partial charge in [0.15, 0.2) is 5.84 Å². The fraction of sp³-hybridized carbons (Fsp3) is 0.500. The molecule has 0 aliphatic carbocycles. The summed E-state index contributed by atoms with van der Waals surface area (Å²) in [5, 5.41) is 12.1. The Morgan fingerprint density at radius 1 is 1.50 bits per heavy atom. The van der Waals surface area contributed by atoms with E-state index in [1.807, 2.05) is 0 Å². The fourth-order valence-electron chi connectivity index (χ4n) is 2.21. The molecule has 0 bridgehead atoms. The van der Waals surface area contributed by atoms with Gasteiger partial charge in [0.05, 0.1) is 5.02 Å². The SMILES string of the molecule is CC1CN(c2nccc(/C(N)=N/O)c2Cl)CC1C. The van der Waals surface area contributed by atoms with Gasteiger partial charge in [-0.1, -0.05) is 30.6 Å². The van der Waals surface area contributed by atoms with Gasteiger partial charge in [0.1, 0.15) is 5.82 Å². The van der Waals surface area contributed by atoms with E-state index in [1.54, 1.807) is 12.3 Å². The van der Waals surface area contributed by atoms with E-state index >= 15 is 0 Å². The highest BCUT2D eigenvalue weighted by atomic mass is 35.5. The normalized spacial score (nSPS) is 24.6. The van der Waals surface area contributed by atoms with Gasteiger partial charge in [0.25, 0.3) is 0 Å². The van der Waals surface area contributed by atoms with Crippen LogP contribution in [0.4, 0.5) is 5.82 Å². The molecule has 0 aromatic carbocycles. The number of oxime groups is 1. The minimum atomic E-state index is 0.00365. The average molecular weight is 269 g/mol. The predicted molar refractivity (Wildman–Crippen MR) is 72.3 cm³/mol. The van der Waals surface area contributed by atoms with Crippen molar-refractivity contribution in [1.29, 1.82) is 0 Å². The quantitative estimate of drug-likeness (QED) is 0.372. The molecule has 1 aromatic heterocycles. The molecule has 0 amide bonds. The van der Waals surface area contributed by atoms with E-state index in [0.29, 0.717) is 28.2 Å². The van der Waals surface area contributed by atoms with Crippen molar-refractivity contribution in [1.82, 2.24) is 4.98 Å². The van der Waals surface area contributed by atoms with Gasteiger partial charge in [-0.3, -0.25) is 0 Å². The number of nitrogens with two attached hydrogens (primary N) is 1. The zero-order chi connectivity index (χ0) is 13.3. The van der Waals surface area contributed by atoms with Crippen molar-refractivity contribution >= 4 is 23.3 Å². The Labute approximate surface area is 111 Å². The summed E-state index contributed by atoms with van der Waals surface area (Å²) in [5.74, 6) is 1.92. The lowest BCUT2D eigenvalue weighted by Gasteiger charge is -2.19. The van der Waals surface area contributed by atoms with Crippen molar-refractivity contribution in [2.75, 3.05) is 18.0 Å². The molecule has 1 aromatic rings. The molecule has 2 heterocycles. The molecule has 98 valence electrons. The lowest BCUT2D eigenvalue weighted by molar-refractivity contribution is 0.318. The highest BCUT2D eigenvalue weighted by molar-refractivity contribution is 6.36. The van der Waals surface area contributed by atoms with Gasteiger partial charge >= 0.3 is 0 Å². The average Bonchev–Trinajstić information content (AvgIpc) is 2.69. The van der Waals surface area contributed by atoms with Crippen LogP contribution >= 0.6 is 11.6 Å². The van der Waals surface area contributed by atoms with Crippen molar-refractivity contribution in [3.05, 3.63) is 22.8 Å². The first-order chi connectivity index (χ1) is 8.54. The highest BCUT2D eigenvalue weighted by Crippen LogP contribution is 2.32. The van der Waals surface area contributed by atoms with Gasteiger partial charge in [-0.05, 0) is 17.9 Å². The second-order valence-electron chi connectivity index (χ2n) is 4.84. The summed E-state index contributed by atoms with van der Waals surface area (Å²) >= 11 is 6.28. The van der Waals surface area contributed by atoms with Gasteiger partial charge in [0, 0.05) is 24.8 Å². The molecule has 1 aliphatic heterocycles. The van der Waals surface area contributed by atoms with Crippen molar-refractivity contribution in [2.24, 2.45) is 22.7 Å². The Morgan fingerprint density at radius 3 is 2.67 bits per heavy atom. The number of aromatic nitrogens is 1. The first-order valence-corrected chi connectivity index (χ1v) is 6.29. The van der Waals surface area contributed by atoms with E-state index in [1.165, 1.54) is 0 Å². The fourth-order valence-corrected chi connectivity index (χ4v) is 2.54. The number of rotatable bonds is 2. The van der Waals surface area contributed by atoms with Crippen LogP contribution in [-0.4, -0.2) is 29.1 Å². The summed E-state index contributed by atoms with van der Waals surface area (Å²) in [5.41, 5.74) is 6.10. The summed E-state index contributed by atoms with van der Waals surface area (Å²) in [7, 11) is 0. The van der Waals surface area contributed by atoms with E-state index < -0.39 is 0 Å². The van der Waals surface area contributed by atoms with Crippen molar-refractivity contribution in [2.45, 2.75) is 13.8 Å². The molecule has 1 saturated heterocycles. The van der Waals surface area contributed by atoms with Gasteiger partial charge in [-0.2, -0.15) is 0 Å². The molecule has 0 saturated carbocycles.